The molecule has 0 aliphatic carbocycles. The third-order valence-corrected chi connectivity index (χ3v) is 5.19. The lowest BCUT2D eigenvalue weighted by Crippen LogP contribution is -2.29. The minimum atomic E-state index is 0. The lowest BCUT2D eigenvalue weighted by atomic mass is 9.93. The molecule has 0 aliphatic heterocycles. The molecular weight excluding hydrogens is 489 g/mol. The second-order valence-corrected chi connectivity index (χ2v) is 8.36. The summed E-state index contributed by atoms with van der Waals surface area (Å²) in [7, 11) is 0. The van der Waals surface area contributed by atoms with Gasteiger partial charge in [0.25, 0.3) is 5.89 Å². The molecule has 0 unspecified atom stereocenters. The predicted octanol–water partition coefficient (Wildman–Crippen LogP) is 4.04. The molecule has 2 aromatic heterocycles. The molecule has 0 saturated carbocycles. The Morgan fingerprint density at radius 2 is 1.86 bits per heavy atom. The third-order valence-electron chi connectivity index (χ3n) is 5.19. The first-order valence-electron chi connectivity index (χ1n) is 11.4. The molecule has 0 saturated heterocycles. The molecule has 0 spiro atoms. The zero-order chi connectivity index (χ0) is 24.0. The topological polar surface area (TPSA) is 132 Å². The van der Waals surface area contributed by atoms with Crippen LogP contribution in [0.4, 0.5) is 5.95 Å². The Hall–Kier alpha value is -2.75. The van der Waals surface area contributed by atoms with Gasteiger partial charge in [-0.25, -0.2) is 9.97 Å². The van der Waals surface area contributed by atoms with Gasteiger partial charge in [0.05, 0.1) is 0 Å². The number of hydrogen-bond acceptors (Lipinski definition) is 8. The van der Waals surface area contributed by atoms with Crippen molar-refractivity contribution >= 4 is 36.7 Å². The average Bonchev–Trinajstić information content (AvgIpc) is 3.26. The van der Waals surface area contributed by atoms with Crippen LogP contribution in [0.5, 0.6) is 0 Å². The van der Waals surface area contributed by atoms with Gasteiger partial charge in [0.15, 0.2) is 0 Å². The van der Waals surface area contributed by atoms with E-state index in [1.165, 1.54) is 11.1 Å². The molecule has 3 rings (SSSR count). The zero-order valence-electron chi connectivity index (χ0n) is 20.8. The first kappa shape index (κ1) is 30.3. The largest absolute Gasteiger partial charge is 0.355 e. The molecule has 0 atom stereocenters. The fourth-order valence-corrected chi connectivity index (χ4v) is 3.68. The van der Waals surface area contributed by atoms with Crippen molar-refractivity contribution in [2.24, 2.45) is 5.73 Å². The molecule has 11 heteroatoms. The molecule has 3 aromatic rings. The number of carbonyl (C=O) groups is 1. The van der Waals surface area contributed by atoms with Crippen LogP contribution in [0.25, 0.3) is 23.0 Å². The molecule has 9 nitrogen and oxygen atoms in total. The molecule has 0 fully saturated rings. The van der Waals surface area contributed by atoms with E-state index >= 15 is 0 Å². The first-order chi connectivity index (χ1) is 15.8. The van der Waals surface area contributed by atoms with Crippen LogP contribution in [0, 0.1) is 13.8 Å². The van der Waals surface area contributed by atoms with Crippen molar-refractivity contribution in [3.8, 4) is 23.0 Å². The fourth-order valence-electron chi connectivity index (χ4n) is 3.68. The lowest BCUT2D eigenvalue weighted by Gasteiger charge is -2.13. The van der Waals surface area contributed by atoms with Gasteiger partial charge in [0.2, 0.25) is 17.7 Å². The smallest absolute Gasteiger partial charge is 0.277 e. The van der Waals surface area contributed by atoms with Crippen LogP contribution < -0.4 is 16.4 Å². The van der Waals surface area contributed by atoms with Crippen molar-refractivity contribution < 1.29 is 9.32 Å². The van der Waals surface area contributed by atoms with Crippen molar-refractivity contribution in [3.63, 3.8) is 0 Å². The number of benzene rings is 1. The molecular formula is C24H35Cl2N7O2. The van der Waals surface area contributed by atoms with Crippen molar-refractivity contribution in [1.29, 1.82) is 0 Å². The highest BCUT2D eigenvalue weighted by Crippen LogP contribution is 2.27. The van der Waals surface area contributed by atoms with Crippen molar-refractivity contribution in [2.75, 3.05) is 18.4 Å². The van der Waals surface area contributed by atoms with Crippen molar-refractivity contribution in [3.05, 3.63) is 40.6 Å². The van der Waals surface area contributed by atoms with E-state index in [1.807, 2.05) is 32.9 Å². The Bertz CT molecular complexity index is 1120. The molecule has 0 radical (unpaired) electrons. The average molecular weight is 524 g/mol. The monoisotopic (exact) mass is 523 g/mol. The van der Waals surface area contributed by atoms with Crippen LogP contribution >= 0.6 is 24.8 Å². The number of carbonyl (C=O) groups excluding carboxylic acids is 1. The van der Waals surface area contributed by atoms with Crippen molar-refractivity contribution in [1.82, 2.24) is 25.4 Å². The van der Waals surface area contributed by atoms with Gasteiger partial charge in [-0.05, 0) is 75.4 Å². The van der Waals surface area contributed by atoms with Crippen LogP contribution in [-0.2, 0) is 17.6 Å². The van der Waals surface area contributed by atoms with Crippen LogP contribution in [0.3, 0.4) is 0 Å². The molecule has 1 aromatic carbocycles. The molecule has 4 N–H and O–H groups in total. The number of aryl methyl sites for hydroxylation is 3. The van der Waals surface area contributed by atoms with E-state index in [4.69, 9.17) is 10.3 Å². The van der Waals surface area contributed by atoms with Gasteiger partial charge in [-0.1, -0.05) is 12.1 Å². The third kappa shape index (κ3) is 8.16. The Balaban J connectivity index is 0.00000306. The maximum atomic E-state index is 12.0. The van der Waals surface area contributed by atoms with Crippen LogP contribution in [0.15, 0.2) is 22.7 Å². The predicted molar refractivity (Wildman–Crippen MR) is 143 cm³/mol. The number of hydrogen-bond donors (Lipinski definition) is 3. The van der Waals surface area contributed by atoms with E-state index < -0.39 is 0 Å². The van der Waals surface area contributed by atoms with Gasteiger partial charge in [0.1, 0.15) is 5.69 Å². The first-order valence-corrected chi connectivity index (χ1v) is 11.4. The van der Waals surface area contributed by atoms with Crippen LogP contribution in [-0.4, -0.2) is 45.1 Å². The number of amides is 1. The summed E-state index contributed by atoms with van der Waals surface area (Å²) in [4.78, 5) is 25.5. The summed E-state index contributed by atoms with van der Waals surface area (Å²) in [6.45, 7) is 11.1. The second-order valence-electron chi connectivity index (χ2n) is 8.36. The number of anilines is 1. The molecule has 2 heterocycles. The molecule has 0 bridgehead atoms. The summed E-state index contributed by atoms with van der Waals surface area (Å²) in [5.74, 6) is 1.40. The summed E-state index contributed by atoms with van der Waals surface area (Å²) in [6, 6.07) is 6.15. The number of nitrogens with zero attached hydrogens (tertiary/aromatic N) is 4. The summed E-state index contributed by atoms with van der Waals surface area (Å²) in [6.07, 6.45) is 1.95. The van der Waals surface area contributed by atoms with Gasteiger partial charge >= 0.3 is 0 Å². The normalized spacial score (nSPS) is 10.5. The van der Waals surface area contributed by atoms with E-state index in [0.717, 1.165) is 23.2 Å². The second kappa shape index (κ2) is 14.0. The minimum absolute atomic E-state index is 0. The quantitative estimate of drug-likeness (QED) is 0.362. The molecule has 192 valence electrons. The minimum Gasteiger partial charge on any atom is -0.355 e. The zero-order valence-corrected chi connectivity index (χ0v) is 22.5. The number of nitrogens with one attached hydrogen (secondary N) is 2. The van der Waals surface area contributed by atoms with E-state index in [1.54, 1.807) is 0 Å². The summed E-state index contributed by atoms with van der Waals surface area (Å²) < 4.78 is 5.54. The van der Waals surface area contributed by atoms with E-state index in [2.05, 4.69) is 50.7 Å². The molecule has 1 amide bonds. The number of aromatic nitrogens is 4. The number of rotatable bonds is 10. The molecule has 35 heavy (non-hydrogen) atoms. The van der Waals surface area contributed by atoms with E-state index in [9.17, 15) is 4.79 Å². The van der Waals surface area contributed by atoms with Crippen LogP contribution in [0.1, 0.15) is 49.6 Å². The fraction of sp³-hybridized carbons (Fsp3) is 0.458. The maximum absolute atomic E-state index is 12.0. The standard InChI is InChI=1S/C24H33N7O2.2ClH/c1-6-17-13-18(11-15(4)19(17)7-8-21(32)26-10-9-25)22-30-23(33-31-22)20-12-16(5)28-24(29-20)27-14(2)3;;/h11-14H,6-10,25H2,1-5H3,(H,26,32)(H,27,28,29);2*1H. The Kier molecular flexibility index (Phi) is 12.1. The SMILES string of the molecule is CCc1cc(-c2noc(-c3cc(C)nc(NC(C)C)n3)n2)cc(C)c1CCC(=O)NCCN.Cl.Cl. The Morgan fingerprint density at radius 1 is 1.11 bits per heavy atom. The highest BCUT2D eigenvalue weighted by atomic mass is 35.5. The molecule has 0 aliphatic rings. The summed E-state index contributed by atoms with van der Waals surface area (Å²) in [5, 5.41) is 10.2. The number of nitrogens with two attached hydrogens (primary N) is 1. The van der Waals surface area contributed by atoms with Gasteiger partial charge in [-0.3, -0.25) is 4.79 Å². The van der Waals surface area contributed by atoms with Gasteiger partial charge < -0.3 is 20.9 Å². The summed E-state index contributed by atoms with van der Waals surface area (Å²) >= 11 is 0. The van der Waals surface area contributed by atoms with E-state index in [-0.39, 0.29) is 36.8 Å². The Labute approximate surface area is 218 Å². The van der Waals surface area contributed by atoms with Gasteiger partial charge in [0, 0.05) is 36.8 Å². The van der Waals surface area contributed by atoms with E-state index in [0.29, 0.717) is 49.3 Å². The maximum Gasteiger partial charge on any atom is 0.277 e. The van der Waals surface area contributed by atoms with Gasteiger partial charge in [-0.15, -0.1) is 24.8 Å². The number of halogens is 2. The highest BCUT2D eigenvalue weighted by molar-refractivity contribution is 5.85. The summed E-state index contributed by atoms with van der Waals surface area (Å²) in [5.41, 5.74) is 11.2. The van der Waals surface area contributed by atoms with Crippen LogP contribution in [0.2, 0.25) is 0 Å². The lowest BCUT2D eigenvalue weighted by molar-refractivity contribution is -0.121. The Morgan fingerprint density at radius 3 is 2.51 bits per heavy atom. The van der Waals surface area contributed by atoms with Crippen molar-refractivity contribution in [2.45, 2.75) is 59.9 Å². The van der Waals surface area contributed by atoms with Gasteiger partial charge in [-0.2, -0.15) is 4.98 Å². The highest BCUT2D eigenvalue weighted by Gasteiger charge is 2.17.